The number of aromatic nitrogens is 1. The molecule has 0 amide bonds. The molecule has 1 rings (SSSR count). The standard InChI is InChI=1S/C11H9F9N.BrH/c12-8(13,4-7-21-5-2-1-3-6-21)9(14,15)10(16,17)11(18,19)20;/h1-3,5-6H,4,7H2;1H/q+1;/p-1. The summed E-state index contributed by atoms with van der Waals surface area (Å²) >= 11 is 0. The number of rotatable bonds is 5. The van der Waals surface area contributed by atoms with Crippen molar-refractivity contribution in [3.8, 4) is 0 Å². The number of hydrogen-bond donors (Lipinski definition) is 0. The predicted octanol–water partition coefficient (Wildman–Crippen LogP) is 0.836. The second kappa shape index (κ2) is 6.63. The van der Waals surface area contributed by atoms with Gasteiger partial charge in [0.2, 0.25) is 0 Å². The minimum absolute atomic E-state index is 0. The maximum absolute atomic E-state index is 13.2. The van der Waals surface area contributed by atoms with Crippen LogP contribution in [0.4, 0.5) is 39.5 Å². The highest BCUT2D eigenvalue weighted by molar-refractivity contribution is 4.99. The number of alkyl halides is 9. The third-order valence-corrected chi connectivity index (χ3v) is 2.67. The van der Waals surface area contributed by atoms with E-state index in [-0.39, 0.29) is 17.0 Å². The van der Waals surface area contributed by atoms with E-state index >= 15 is 0 Å². The SMILES string of the molecule is FC(F)(F)C(F)(F)C(F)(F)C(F)(F)CC[n+]1ccccc1.[Br-]. The van der Waals surface area contributed by atoms with E-state index in [4.69, 9.17) is 0 Å². The lowest BCUT2D eigenvalue weighted by molar-refractivity contribution is -0.700. The summed E-state index contributed by atoms with van der Waals surface area (Å²) in [6.07, 6.45) is -6.30. The van der Waals surface area contributed by atoms with Crippen LogP contribution in [0.1, 0.15) is 6.42 Å². The summed E-state index contributed by atoms with van der Waals surface area (Å²) in [5.41, 5.74) is 0. The largest absolute Gasteiger partial charge is 1.00 e. The van der Waals surface area contributed by atoms with Crippen molar-refractivity contribution >= 4 is 0 Å². The van der Waals surface area contributed by atoms with Crippen molar-refractivity contribution in [1.82, 2.24) is 0 Å². The minimum Gasteiger partial charge on any atom is -1.00 e. The average Bonchev–Trinajstić information content (AvgIpc) is 2.36. The predicted molar refractivity (Wildman–Crippen MR) is 52.2 cm³/mol. The second-order valence-electron chi connectivity index (χ2n) is 4.21. The Labute approximate surface area is 129 Å². The molecule has 22 heavy (non-hydrogen) atoms. The van der Waals surface area contributed by atoms with Gasteiger partial charge in [-0.15, -0.1) is 0 Å². The molecule has 0 aromatic carbocycles. The summed E-state index contributed by atoms with van der Waals surface area (Å²) in [4.78, 5) is 0. The molecule has 0 fully saturated rings. The van der Waals surface area contributed by atoms with Crippen LogP contribution in [0, 0.1) is 0 Å². The van der Waals surface area contributed by atoms with Crippen LogP contribution >= 0.6 is 0 Å². The molecule has 0 aliphatic rings. The molecule has 1 aromatic heterocycles. The van der Waals surface area contributed by atoms with Crippen LogP contribution in [0.5, 0.6) is 0 Å². The molecular weight excluding hydrogens is 397 g/mol. The third-order valence-electron chi connectivity index (χ3n) is 2.67. The number of pyridine rings is 1. The monoisotopic (exact) mass is 405 g/mol. The topological polar surface area (TPSA) is 3.88 Å². The van der Waals surface area contributed by atoms with Gasteiger partial charge in [0.1, 0.15) is 0 Å². The van der Waals surface area contributed by atoms with Crippen LogP contribution in [0.3, 0.4) is 0 Å². The number of nitrogens with zero attached hydrogens (tertiary/aromatic N) is 1. The van der Waals surface area contributed by atoms with Crippen molar-refractivity contribution in [2.45, 2.75) is 36.9 Å². The van der Waals surface area contributed by atoms with E-state index in [0.717, 1.165) is 4.57 Å². The molecule has 0 unspecified atom stereocenters. The van der Waals surface area contributed by atoms with Gasteiger partial charge in [0, 0.05) is 12.1 Å². The molecule has 0 spiro atoms. The van der Waals surface area contributed by atoms with E-state index in [1.54, 1.807) is 0 Å². The number of hydrogen-bond acceptors (Lipinski definition) is 0. The van der Waals surface area contributed by atoms with Crippen molar-refractivity contribution in [3.05, 3.63) is 30.6 Å². The Kier molecular flexibility index (Phi) is 6.33. The van der Waals surface area contributed by atoms with Crippen LogP contribution in [0.25, 0.3) is 0 Å². The normalized spacial score (nSPS) is 13.7. The van der Waals surface area contributed by atoms with Crippen LogP contribution < -0.4 is 21.5 Å². The van der Waals surface area contributed by atoms with E-state index in [2.05, 4.69) is 0 Å². The molecule has 11 heteroatoms. The molecule has 0 bridgehead atoms. The molecule has 1 heterocycles. The minimum atomic E-state index is -6.83. The van der Waals surface area contributed by atoms with Gasteiger partial charge in [-0.1, -0.05) is 6.07 Å². The second-order valence-corrected chi connectivity index (χ2v) is 4.21. The van der Waals surface area contributed by atoms with E-state index in [1.807, 2.05) is 0 Å². The van der Waals surface area contributed by atoms with Crippen molar-refractivity contribution < 1.29 is 61.1 Å². The smallest absolute Gasteiger partial charge is 0.460 e. The van der Waals surface area contributed by atoms with Crippen molar-refractivity contribution in [2.75, 3.05) is 0 Å². The maximum Gasteiger partial charge on any atom is 0.460 e. The Morgan fingerprint density at radius 1 is 0.682 bits per heavy atom. The molecule has 1 nitrogen and oxygen atoms in total. The highest BCUT2D eigenvalue weighted by Crippen LogP contribution is 2.53. The first-order valence-corrected chi connectivity index (χ1v) is 5.47. The van der Waals surface area contributed by atoms with Gasteiger partial charge in [0.05, 0.1) is 6.42 Å². The van der Waals surface area contributed by atoms with E-state index in [0.29, 0.717) is 0 Å². The Morgan fingerprint density at radius 2 is 1.14 bits per heavy atom. The van der Waals surface area contributed by atoms with Gasteiger partial charge < -0.3 is 17.0 Å². The number of halogens is 10. The van der Waals surface area contributed by atoms with Crippen LogP contribution in [-0.2, 0) is 6.54 Å². The molecule has 0 saturated heterocycles. The molecule has 1 aromatic rings. The first-order chi connectivity index (χ1) is 9.33. The lowest BCUT2D eigenvalue weighted by Crippen LogP contribution is -3.00. The molecule has 0 atom stereocenters. The Hall–Kier alpha value is -1.00. The zero-order valence-corrected chi connectivity index (χ0v) is 12.1. The Morgan fingerprint density at radius 3 is 1.55 bits per heavy atom. The van der Waals surface area contributed by atoms with Crippen LogP contribution in [-0.4, -0.2) is 23.9 Å². The molecule has 0 aliphatic heterocycles. The molecule has 128 valence electrons. The van der Waals surface area contributed by atoms with E-state index in [1.165, 1.54) is 30.6 Å². The molecular formula is C11H9BrF9N. The maximum atomic E-state index is 13.2. The molecule has 0 saturated carbocycles. The van der Waals surface area contributed by atoms with Gasteiger partial charge in [0.15, 0.2) is 18.9 Å². The summed E-state index contributed by atoms with van der Waals surface area (Å²) in [6.45, 7) is -0.850. The Bertz CT molecular complexity index is 472. The number of aryl methyl sites for hydroxylation is 1. The summed E-state index contributed by atoms with van der Waals surface area (Å²) in [7, 11) is 0. The summed E-state index contributed by atoms with van der Waals surface area (Å²) in [5.74, 6) is -18.9. The highest BCUT2D eigenvalue weighted by atomic mass is 79.9. The van der Waals surface area contributed by atoms with Gasteiger partial charge in [-0.25, -0.2) is 4.57 Å². The molecule has 0 aliphatic carbocycles. The van der Waals surface area contributed by atoms with Gasteiger partial charge in [-0.2, -0.15) is 39.5 Å². The molecule has 0 N–H and O–H groups in total. The van der Waals surface area contributed by atoms with Crippen LogP contribution in [0.2, 0.25) is 0 Å². The van der Waals surface area contributed by atoms with Gasteiger partial charge in [0.25, 0.3) is 0 Å². The fraction of sp³-hybridized carbons (Fsp3) is 0.545. The van der Waals surface area contributed by atoms with Crippen LogP contribution in [0.15, 0.2) is 30.6 Å². The van der Waals surface area contributed by atoms with E-state index < -0.39 is 36.9 Å². The molecule has 0 radical (unpaired) electrons. The zero-order valence-electron chi connectivity index (χ0n) is 10.5. The quantitative estimate of drug-likeness (QED) is 0.504. The van der Waals surface area contributed by atoms with Crippen molar-refractivity contribution in [1.29, 1.82) is 0 Å². The average molecular weight is 406 g/mol. The van der Waals surface area contributed by atoms with E-state index in [9.17, 15) is 39.5 Å². The third kappa shape index (κ3) is 3.85. The fourth-order valence-corrected chi connectivity index (χ4v) is 1.42. The van der Waals surface area contributed by atoms with Crippen molar-refractivity contribution in [3.63, 3.8) is 0 Å². The zero-order chi connectivity index (χ0) is 16.5. The van der Waals surface area contributed by atoms with Gasteiger partial charge >= 0.3 is 23.9 Å². The summed E-state index contributed by atoms with van der Waals surface area (Å²) in [5, 5.41) is 0. The lowest BCUT2D eigenvalue weighted by Gasteiger charge is -2.33. The fourth-order valence-electron chi connectivity index (χ4n) is 1.42. The summed E-state index contributed by atoms with van der Waals surface area (Å²) < 4.78 is 114. The van der Waals surface area contributed by atoms with Gasteiger partial charge in [-0.3, -0.25) is 0 Å². The lowest BCUT2D eigenvalue weighted by atomic mass is 10.0. The summed E-state index contributed by atoms with van der Waals surface area (Å²) in [6, 6.07) is 4.17. The van der Waals surface area contributed by atoms with Gasteiger partial charge in [-0.05, 0) is 0 Å². The first kappa shape index (κ1) is 21.0. The highest BCUT2D eigenvalue weighted by Gasteiger charge is 2.81. The first-order valence-electron chi connectivity index (χ1n) is 5.47. The Balaban J connectivity index is 0.00000441. The van der Waals surface area contributed by atoms with Crippen molar-refractivity contribution in [2.24, 2.45) is 0 Å².